The van der Waals surface area contributed by atoms with Crippen LogP contribution in [0, 0.1) is 22.7 Å². The normalized spacial score (nSPS) is 10.1. The summed E-state index contributed by atoms with van der Waals surface area (Å²) in [5.74, 6) is 0.522. The molecule has 0 radical (unpaired) electrons. The lowest BCUT2D eigenvalue weighted by atomic mass is 10.3. The summed E-state index contributed by atoms with van der Waals surface area (Å²) in [4.78, 5) is 8.19. The van der Waals surface area contributed by atoms with Gasteiger partial charge in [-0.05, 0) is 6.07 Å². The van der Waals surface area contributed by atoms with Crippen LogP contribution in [0.1, 0.15) is 11.4 Å². The molecule has 0 amide bonds. The molecule has 0 bridgehead atoms. The SMILES string of the molecule is N#Cc1ncn(-c2ccn3nccc3n2)c1C#N. The molecule has 84 valence electrons. The Labute approximate surface area is 101 Å². The number of aromatic nitrogens is 5. The number of rotatable bonds is 1. The molecular weight excluding hydrogens is 230 g/mol. The third-order valence-corrected chi connectivity index (χ3v) is 2.47. The van der Waals surface area contributed by atoms with Gasteiger partial charge in [-0.15, -0.1) is 0 Å². The van der Waals surface area contributed by atoms with Crippen LogP contribution >= 0.6 is 0 Å². The minimum absolute atomic E-state index is 0.0904. The van der Waals surface area contributed by atoms with Crippen LogP contribution in [0.2, 0.25) is 0 Å². The largest absolute Gasteiger partial charge is 0.273 e. The Morgan fingerprint density at radius 1 is 1.17 bits per heavy atom. The number of fused-ring (bicyclic) bond motifs is 1. The van der Waals surface area contributed by atoms with Crippen molar-refractivity contribution < 1.29 is 0 Å². The summed E-state index contributed by atoms with van der Waals surface area (Å²) >= 11 is 0. The van der Waals surface area contributed by atoms with Crippen molar-refractivity contribution >= 4 is 5.65 Å². The highest BCUT2D eigenvalue weighted by Crippen LogP contribution is 2.12. The summed E-state index contributed by atoms with van der Waals surface area (Å²) in [6.07, 6.45) is 4.77. The Bertz CT molecular complexity index is 812. The van der Waals surface area contributed by atoms with Gasteiger partial charge in [0.2, 0.25) is 0 Å². The lowest BCUT2D eigenvalue weighted by molar-refractivity contribution is 0.905. The molecule has 0 spiro atoms. The molecule has 0 aliphatic heterocycles. The predicted octanol–water partition coefficient (Wildman–Crippen LogP) is 0.658. The lowest BCUT2D eigenvalue weighted by Gasteiger charge is -2.02. The third-order valence-electron chi connectivity index (χ3n) is 2.47. The molecule has 0 N–H and O–H groups in total. The number of imidazole rings is 1. The van der Waals surface area contributed by atoms with Gasteiger partial charge < -0.3 is 0 Å². The van der Waals surface area contributed by atoms with Crippen LogP contribution in [-0.4, -0.2) is 24.1 Å². The summed E-state index contributed by atoms with van der Waals surface area (Å²) in [7, 11) is 0. The van der Waals surface area contributed by atoms with Crippen molar-refractivity contribution in [3.63, 3.8) is 0 Å². The van der Waals surface area contributed by atoms with E-state index in [9.17, 15) is 0 Å². The summed E-state index contributed by atoms with van der Waals surface area (Å²) in [5, 5.41) is 21.9. The van der Waals surface area contributed by atoms with Gasteiger partial charge in [0, 0.05) is 12.3 Å². The smallest absolute Gasteiger partial charge is 0.177 e. The molecule has 3 rings (SSSR count). The molecule has 3 aromatic rings. The van der Waals surface area contributed by atoms with Crippen molar-refractivity contribution in [1.82, 2.24) is 24.1 Å². The number of hydrogen-bond acceptors (Lipinski definition) is 5. The first-order chi connectivity index (χ1) is 8.83. The highest BCUT2D eigenvalue weighted by atomic mass is 15.3. The van der Waals surface area contributed by atoms with Gasteiger partial charge in [-0.25, -0.2) is 14.5 Å². The van der Waals surface area contributed by atoms with E-state index in [1.54, 1.807) is 29.0 Å². The van der Waals surface area contributed by atoms with Gasteiger partial charge in [-0.2, -0.15) is 15.6 Å². The first-order valence-electron chi connectivity index (χ1n) is 5.02. The van der Waals surface area contributed by atoms with Crippen LogP contribution in [-0.2, 0) is 0 Å². The molecule has 0 atom stereocenters. The summed E-state index contributed by atoms with van der Waals surface area (Å²) in [6.45, 7) is 0. The van der Waals surface area contributed by atoms with Crippen LogP contribution in [0.15, 0.2) is 30.9 Å². The molecule has 7 nitrogen and oxygen atoms in total. The molecule has 3 aromatic heterocycles. The molecule has 0 unspecified atom stereocenters. The van der Waals surface area contributed by atoms with Gasteiger partial charge in [0.15, 0.2) is 17.0 Å². The predicted molar refractivity (Wildman–Crippen MR) is 59.5 cm³/mol. The summed E-state index contributed by atoms with van der Waals surface area (Å²) in [5.41, 5.74) is 0.921. The fourth-order valence-corrected chi connectivity index (χ4v) is 1.65. The Morgan fingerprint density at radius 3 is 2.83 bits per heavy atom. The van der Waals surface area contributed by atoms with E-state index in [4.69, 9.17) is 10.5 Å². The number of nitriles is 2. The molecule has 0 saturated carbocycles. The van der Waals surface area contributed by atoms with Gasteiger partial charge >= 0.3 is 0 Å². The molecule has 0 aliphatic carbocycles. The minimum Gasteiger partial charge on any atom is -0.273 e. The highest BCUT2D eigenvalue weighted by molar-refractivity contribution is 5.45. The van der Waals surface area contributed by atoms with E-state index in [1.807, 2.05) is 12.1 Å². The van der Waals surface area contributed by atoms with Crippen LogP contribution in [0.3, 0.4) is 0 Å². The van der Waals surface area contributed by atoms with E-state index < -0.39 is 0 Å². The molecule has 3 heterocycles. The molecular formula is C11H5N7. The molecule has 18 heavy (non-hydrogen) atoms. The molecule has 0 aliphatic rings. The van der Waals surface area contributed by atoms with Gasteiger partial charge in [-0.1, -0.05) is 0 Å². The van der Waals surface area contributed by atoms with Crippen molar-refractivity contribution in [3.05, 3.63) is 42.2 Å². The van der Waals surface area contributed by atoms with E-state index >= 15 is 0 Å². The van der Waals surface area contributed by atoms with Gasteiger partial charge in [0.25, 0.3) is 0 Å². The Morgan fingerprint density at radius 2 is 2.06 bits per heavy atom. The van der Waals surface area contributed by atoms with Gasteiger partial charge in [0.1, 0.15) is 24.3 Å². The van der Waals surface area contributed by atoms with E-state index in [2.05, 4.69) is 15.1 Å². The van der Waals surface area contributed by atoms with E-state index in [-0.39, 0.29) is 11.4 Å². The van der Waals surface area contributed by atoms with Gasteiger partial charge in [0.05, 0.1) is 6.20 Å². The average Bonchev–Trinajstić information content (AvgIpc) is 3.03. The van der Waals surface area contributed by atoms with Crippen LogP contribution in [0.4, 0.5) is 0 Å². The number of hydrogen-bond donors (Lipinski definition) is 0. The zero-order valence-electron chi connectivity index (χ0n) is 9.02. The molecule has 0 saturated heterocycles. The molecule has 7 heteroatoms. The zero-order valence-corrected chi connectivity index (χ0v) is 9.02. The average molecular weight is 235 g/mol. The maximum Gasteiger partial charge on any atom is 0.177 e. The summed E-state index contributed by atoms with van der Waals surface area (Å²) in [6, 6.07) is 7.27. The molecule has 0 aromatic carbocycles. The Hall–Kier alpha value is -3.19. The second-order valence-electron chi connectivity index (χ2n) is 3.46. The van der Waals surface area contributed by atoms with Crippen molar-refractivity contribution in [2.75, 3.05) is 0 Å². The topological polar surface area (TPSA) is 95.6 Å². The third kappa shape index (κ3) is 1.32. The second-order valence-corrected chi connectivity index (χ2v) is 3.46. The standard InChI is InChI=1S/C11H5N7/c12-5-8-9(6-13)17(7-14-8)10-2-4-18-11(16-10)1-3-15-18/h1-4,7H. The maximum absolute atomic E-state index is 9.05. The second kappa shape index (κ2) is 3.68. The lowest BCUT2D eigenvalue weighted by Crippen LogP contribution is -2.01. The van der Waals surface area contributed by atoms with E-state index in [0.29, 0.717) is 11.5 Å². The number of nitrogens with zero attached hydrogens (tertiary/aromatic N) is 7. The summed E-state index contributed by atoms with van der Waals surface area (Å²) < 4.78 is 3.09. The van der Waals surface area contributed by atoms with Crippen LogP contribution in [0.5, 0.6) is 0 Å². The van der Waals surface area contributed by atoms with Crippen molar-refractivity contribution in [2.24, 2.45) is 0 Å². The van der Waals surface area contributed by atoms with Crippen molar-refractivity contribution in [2.45, 2.75) is 0 Å². The van der Waals surface area contributed by atoms with Gasteiger partial charge in [-0.3, -0.25) is 4.57 Å². The highest BCUT2D eigenvalue weighted by Gasteiger charge is 2.12. The van der Waals surface area contributed by atoms with E-state index in [1.165, 1.54) is 10.9 Å². The fraction of sp³-hybridized carbons (Fsp3) is 0. The minimum atomic E-state index is 0.0904. The van der Waals surface area contributed by atoms with Crippen LogP contribution in [0.25, 0.3) is 11.5 Å². The first kappa shape index (κ1) is 10.00. The van der Waals surface area contributed by atoms with Crippen LogP contribution < -0.4 is 0 Å². The van der Waals surface area contributed by atoms with E-state index in [0.717, 1.165) is 0 Å². The quantitative estimate of drug-likeness (QED) is 0.617. The molecule has 0 fully saturated rings. The Balaban J connectivity index is 2.23. The Kier molecular flexibility index (Phi) is 2.04. The van der Waals surface area contributed by atoms with Crippen molar-refractivity contribution in [3.8, 4) is 18.0 Å². The first-order valence-corrected chi connectivity index (χ1v) is 5.02. The maximum atomic E-state index is 9.05. The monoisotopic (exact) mass is 235 g/mol. The van der Waals surface area contributed by atoms with Crippen molar-refractivity contribution in [1.29, 1.82) is 10.5 Å². The fourth-order valence-electron chi connectivity index (χ4n) is 1.65. The zero-order chi connectivity index (χ0) is 12.5.